The zero-order valence-electron chi connectivity index (χ0n) is 11.0. The van der Waals surface area contributed by atoms with Gasteiger partial charge in [0, 0.05) is 19.1 Å². The first-order valence-electron chi connectivity index (χ1n) is 6.89. The van der Waals surface area contributed by atoms with Gasteiger partial charge in [-0.3, -0.25) is 4.79 Å². The molecule has 2 rings (SSSR count). The molecule has 2 aliphatic carbocycles. The van der Waals surface area contributed by atoms with E-state index in [-0.39, 0.29) is 18.6 Å². The van der Waals surface area contributed by atoms with Crippen LogP contribution in [0, 0.1) is 5.92 Å². The molecule has 0 aromatic heterocycles. The normalized spacial score (nSPS) is 18.5. The van der Waals surface area contributed by atoms with Crippen LogP contribution in [0.3, 0.4) is 0 Å². The van der Waals surface area contributed by atoms with Gasteiger partial charge in [-0.2, -0.15) is 0 Å². The second-order valence-electron chi connectivity index (χ2n) is 5.42. The van der Waals surface area contributed by atoms with Crippen molar-refractivity contribution in [2.75, 3.05) is 19.6 Å². The monoisotopic (exact) mass is 254 g/mol. The van der Waals surface area contributed by atoms with Crippen LogP contribution in [0.1, 0.15) is 39.0 Å². The molecule has 0 aromatic rings. The fourth-order valence-electron chi connectivity index (χ4n) is 2.21. The van der Waals surface area contributed by atoms with Gasteiger partial charge in [0.2, 0.25) is 0 Å². The molecule has 5 nitrogen and oxygen atoms in total. The Labute approximate surface area is 108 Å². The van der Waals surface area contributed by atoms with E-state index >= 15 is 0 Å². The van der Waals surface area contributed by atoms with Gasteiger partial charge in [0.05, 0.1) is 0 Å². The minimum Gasteiger partial charge on any atom is -0.480 e. The Morgan fingerprint density at radius 3 is 2.33 bits per heavy atom. The highest BCUT2D eigenvalue weighted by molar-refractivity contribution is 5.80. The summed E-state index contributed by atoms with van der Waals surface area (Å²) in [7, 11) is 0. The average molecular weight is 254 g/mol. The largest absolute Gasteiger partial charge is 0.480 e. The first kappa shape index (κ1) is 13.2. The molecule has 0 saturated heterocycles. The fraction of sp³-hybridized carbons (Fsp3) is 0.846. The molecule has 102 valence electrons. The Hall–Kier alpha value is -1.26. The molecule has 0 bridgehead atoms. The zero-order valence-corrected chi connectivity index (χ0v) is 11.0. The van der Waals surface area contributed by atoms with Crippen LogP contribution in [0.4, 0.5) is 4.79 Å². The van der Waals surface area contributed by atoms with Crippen molar-refractivity contribution in [3.63, 3.8) is 0 Å². The number of hydrogen-bond donors (Lipinski definition) is 1. The molecule has 0 atom stereocenters. The molecular weight excluding hydrogens is 232 g/mol. The summed E-state index contributed by atoms with van der Waals surface area (Å²) in [6, 6.07) is 0.0841. The molecule has 2 aliphatic rings. The number of carbonyl (C=O) groups excluding carboxylic acids is 1. The first-order chi connectivity index (χ1) is 8.61. The third kappa shape index (κ3) is 3.62. The Balaban J connectivity index is 1.96. The Morgan fingerprint density at radius 2 is 1.89 bits per heavy atom. The number of amides is 2. The van der Waals surface area contributed by atoms with Crippen molar-refractivity contribution in [1.29, 1.82) is 0 Å². The van der Waals surface area contributed by atoms with Gasteiger partial charge >= 0.3 is 12.0 Å². The van der Waals surface area contributed by atoms with Crippen molar-refractivity contribution in [1.82, 2.24) is 9.80 Å². The predicted octanol–water partition coefficient (Wildman–Crippen LogP) is 1.78. The highest BCUT2D eigenvalue weighted by Gasteiger charge is 2.37. The van der Waals surface area contributed by atoms with Gasteiger partial charge in [-0.05, 0) is 38.0 Å². The number of carboxylic acids is 1. The Bertz CT molecular complexity index is 324. The summed E-state index contributed by atoms with van der Waals surface area (Å²) < 4.78 is 0. The molecule has 2 saturated carbocycles. The van der Waals surface area contributed by atoms with Crippen LogP contribution >= 0.6 is 0 Å². The van der Waals surface area contributed by atoms with E-state index in [1.807, 2.05) is 11.8 Å². The van der Waals surface area contributed by atoms with Crippen LogP contribution in [0.15, 0.2) is 0 Å². The molecule has 2 amide bonds. The Morgan fingerprint density at radius 1 is 1.22 bits per heavy atom. The second-order valence-corrected chi connectivity index (χ2v) is 5.42. The fourth-order valence-corrected chi connectivity index (χ4v) is 2.21. The predicted molar refractivity (Wildman–Crippen MR) is 67.3 cm³/mol. The van der Waals surface area contributed by atoms with Crippen LogP contribution < -0.4 is 0 Å². The van der Waals surface area contributed by atoms with Gasteiger partial charge in [0.1, 0.15) is 6.54 Å². The van der Waals surface area contributed by atoms with E-state index in [1.54, 1.807) is 4.90 Å². The van der Waals surface area contributed by atoms with Crippen molar-refractivity contribution in [3.05, 3.63) is 0 Å². The smallest absolute Gasteiger partial charge is 0.323 e. The second kappa shape index (κ2) is 5.59. The van der Waals surface area contributed by atoms with Gasteiger partial charge in [0.15, 0.2) is 0 Å². The van der Waals surface area contributed by atoms with Crippen LogP contribution in [-0.4, -0.2) is 52.6 Å². The van der Waals surface area contributed by atoms with E-state index in [2.05, 4.69) is 0 Å². The Kier molecular flexibility index (Phi) is 4.09. The SMILES string of the molecule is CCCN(CC1CC1)C(=O)N(CC(=O)O)C1CC1. The summed E-state index contributed by atoms with van der Waals surface area (Å²) in [5.74, 6) is -0.274. The lowest BCUT2D eigenvalue weighted by molar-refractivity contribution is -0.137. The number of aliphatic carboxylic acids is 1. The van der Waals surface area contributed by atoms with Crippen LogP contribution in [-0.2, 0) is 4.79 Å². The van der Waals surface area contributed by atoms with Crippen molar-refractivity contribution < 1.29 is 14.7 Å². The molecule has 1 N–H and O–H groups in total. The number of nitrogens with zero attached hydrogens (tertiary/aromatic N) is 2. The summed E-state index contributed by atoms with van der Waals surface area (Å²) >= 11 is 0. The highest BCUT2D eigenvalue weighted by atomic mass is 16.4. The molecule has 0 radical (unpaired) electrons. The number of carbonyl (C=O) groups is 2. The maximum Gasteiger partial charge on any atom is 0.323 e. The number of hydrogen-bond acceptors (Lipinski definition) is 2. The van der Waals surface area contributed by atoms with E-state index in [1.165, 1.54) is 12.8 Å². The summed E-state index contributed by atoms with van der Waals surface area (Å²) in [5, 5.41) is 8.90. The summed E-state index contributed by atoms with van der Waals surface area (Å²) in [5.41, 5.74) is 0. The minimum absolute atomic E-state index is 0.0753. The molecule has 5 heteroatoms. The molecule has 0 aromatic carbocycles. The number of urea groups is 1. The van der Waals surface area contributed by atoms with E-state index in [4.69, 9.17) is 5.11 Å². The molecule has 0 aliphatic heterocycles. The third-order valence-corrected chi connectivity index (χ3v) is 3.48. The number of carboxylic acid groups (broad SMARTS) is 1. The maximum absolute atomic E-state index is 12.4. The van der Waals surface area contributed by atoms with E-state index < -0.39 is 5.97 Å². The molecule has 0 heterocycles. The standard InChI is InChI=1S/C13H22N2O3/c1-2-7-14(8-10-3-4-10)13(18)15(9-12(16)17)11-5-6-11/h10-11H,2-9H2,1H3,(H,16,17). The lowest BCUT2D eigenvalue weighted by atomic mass is 10.3. The van der Waals surface area contributed by atoms with Crippen molar-refractivity contribution in [2.45, 2.75) is 45.1 Å². The van der Waals surface area contributed by atoms with E-state index in [9.17, 15) is 9.59 Å². The first-order valence-corrected chi connectivity index (χ1v) is 6.89. The van der Waals surface area contributed by atoms with Gasteiger partial charge in [-0.15, -0.1) is 0 Å². The third-order valence-electron chi connectivity index (χ3n) is 3.48. The lowest BCUT2D eigenvalue weighted by Gasteiger charge is -2.29. The maximum atomic E-state index is 12.4. The van der Waals surface area contributed by atoms with Crippen LogP contribution in [0.25, 0.3) is 0 Å². The van der Waals surface area contributed by atoms with Gasteiger partial charge in [0.25, 0.3) is 0 Å². The highest BCUT2D eigenvalue weighted by Crippen LogP contribution is 2.32. The van der Waals surface area contributed by atoms with Crippen molar-refractivity contribution in [3.8, 4) is 0 Å². The van der Waals surface area contributed by atoms with Gasteiger partial charge in [-0.25, -0.2) is 4.79 Å². The topological polar surface area (TPSA) is 60.9 Å². The quantitative estimate of drug-likeness (QED) is 0.753. The van der Waals surface area contributed by atoms with E-state index in [0.717, 1.165) is 32.4 Å². The summed E-state index contributed by atoms with van der Waals surface area (Å²) in [6.45, 7) is 3.42. The molecule has 0 unspecified atom stereocenters. The van der Waals surface area contributed by atoms with Gasteiger partial charge in [-0.1, -0.05) is 6.92 Å². The van der Waals surface area contributed by atoms with Crippen LogP contribution in [0.5, 0.6) is 0 Å². The minimum atomic E-state index is -0.918. The molecular formula is C13H22N2O3. The van der Waals surface area contributed by atoms with Crippen molar-refractivity contribution in [2.24, 2.45) is 5.92 Å². The summed E-state index contributed by atoms with van der Waals surface area (Å²) in [4.78, 5) is 26.6. The lowest BCUT2D eigenvalue weighted by Crippen LogP contribution is -2.47. The average Bonchev–Trinajstić information content (AvgIpc) is 3.15. The van der Waals surface area contributed by atoms with E-state index in [0.29, 0.717) is 5.92 Å². The number of rotatable bonds is 7. The molecule has 18 heavy (non-hydrogen) atoms. The van der Waals surface area contributed by atoms with Crippen molar-refractivity contribution >= 4 is 12.0 Å². The summed E-state index contributed by atoms with van der Waals surface area (Å²) in [6.07, 6.45) is 5.22. The molecule has 0 spiro atoms. The van der Waals surface area contributed by atoms with Gasteiger partial charge < -0.3 is 14.9 Å². The molecule has 2 fully saturated rings. The zero-order chi connectivity index (χ0) is 13.1. The van der Waals surface area contributed by atoms with Crippen LogP contribution in [0.2, 0.25) is 0 Å².